The van der Waals surface area contributed by atoms with E-state index in [1.54, 1.807) is 4.90 Å². The van der Waals surface area contributed by atoms with Gasteiger partial charge in [-0.1, -0.05) is 6.07 Å². The lowest BCUT2D eigenvalue weighted by molar-refractivity contribution is -0.192. The number of aliphatic carboxylic acids is 1. The van der Waals surface area contributed by atoms with Crippen molar-refractivity contribution in [2.24, 2.45) is 5.73 Å². The number of nitrogens with two attached hydrogens (primary N) is 2. The van der Waals surface area contributed by atoms with E-state index in [9.17, 15) is 18.0 Å². The van der Waals surface area contributed by atoms with Crippen LogP contribution in [0.2, 0.25) is 0 Å². The maximum atomic E-state index is 11.8. The summed E-state index contributed by atoms with van der Waals surface area (Å²) in [6.45, 7) is 1.26. The number of hydrogen-bond donors (Lipinski definition) is 3. The van der Waals surface area contributed by atoms with Gasteiger partial charge in [0.2, 0.25) is 5.91 Å². The number of carbonyl (C=O) groups excluding carboxylic acids is 1. The van der Waals surface area contributed by atoms with Gasteiger partial charge in [-0.25, -0.2) is 14.8 Å². The molecule has 1 aromatic carbocycles. The molecule has 2 heterocycles. The predicted octanol–water partition coefficient (Wildman–Crippen LogP) is 0.905. The third-order valence-electron chi connectivity index (χ3n) is 3.69. The lowest BCUT2D eigenvalue weighted by Gasteiger charge is -2.16. The molecule has 1 aromatic heterocycles. The summed E-state index contributed by atoms with van der Waals surface area (Å²) in [5, 5.41) is 7.94. The van der Waals surface area contributed by atoms with Gasteiger partial charge < -0.3 is 21.5 Å². The molecule has 1 aliphatic rings. The standard InChI is InChI=1S/C13H15N5O.C2HF3O2/c14-10-3-4-18(13(10)19)6-8-1-2-11-9(5-8)12(15)17-7-16-11;3-2(4,5)1(6)7/h1-2,5,7,10H,3-4,6,14H2,(H2,15,16,17);(H,6,7)/t10-;/m0./s1. The lowest BCUT2D eigenvalue weighted by atomic mass is 10.1. The molecule has 140 valence electrons. The van der Waals surface area contributed by atoms with Gasteiger partial charge in [0.1, 0.15) is 12.1 Å². The van der Waals surface area contributed by atoms with Gasteiger partial charge in [-0.05, 0) is 24.1 Å². The molecule has 1 amide bonds. The maximum Gasteiger partial charge on any atom is 0.490 e. The summed E-state index contributed by atoms with van der Waals surface area (Å²) >= 11 is 0. The monoisotopic (exact) mass is 371 g/mol. The van der Waals surface area contributed by atoms with E-state index >= 15 is 0 Å². The number of fused-ring (bicyclic) bond motifs is 1. The second-order valence-corrected chi connectivity index (χ2v) is 5.57. The third kappa shape index (κ3) is 4.57. The summed E-state index contributed by atoms with van der Waals surface area (Å²) in [5.74, 6) is -2.29. The van der Waals surface area contributed by atoms with Crippen LogP contribution in [0, 0.1) is 0 Å². The summed E-state index contributed by atoms with van der Waals surface area (Å²) in [6.07, 6.45) is -2.92. The molecule has 3 rings (SSSR count). The fourth-order valence-electron chi connectivity index (χ4n) is 2.36. The molecule has 0 spiro atoms. The van der Waals surface area contributed by atoms with Crippen molar-refractivity contribution in [3.8, 4) is 0 Å². The SMILES string of the molecule is Nc1ncnc2ccc(CN3CC[C@H](N)C3=O)cc12.O=C(O)C(F)(F)F. The predicted molar refractivity (Wildman–Crippen MR) is 85.7 cm³/mol. The van der Waals surface area contributed by atoms with Gasteiger partial charge in [0.15, 0.2) is 0 Å². The van der Waals surface area contributed by atoms with Crippen LogP contribution in [-0.4, -0.2) is 50.6 Å². The highest BCUT2D eigenvalue weighted by molar-refractivity contribution is 5.88. The average molecular weight is 371 g/mol. The minimum atomic E-state index is -5.08. The highest BCUT2D eigenvalue weighted by atomic mass is 19.4. The molecule has 5 N–H and O–H groups in total. The number of carboxylic acid groups (broad SMARTS) is 1. The highest BCUT2D eigenvalue weighted by Gasteiger charge is 2.38. The number of hydrogen-bond acceptors (Lipinski definition) is 6. The summed E-state index contributed by atoms with van der Waals surface area (Å²) in [5.41, 5.74) is 13.4. The van der Waals surface area contributed by atoms with Crippen molar-refractivity contribution in [1.29, 1.82) is 0 Å². The van der Waals surface area contributed by atoms with E-state index < -0.39 is 12.1 Å². The second-order valence-electron chi connectivity index (χ2n) is 5.57. The van der Waals surface area contributed by atoms with E-state index in [-0.39, 0.29) is 11.9 Å². The Labute approximate surface area is 145 Å². The van der Waals surface area contributed by atoms with Crippen molar-refractivity contribution >= 4 is 28.6 Å². The van der Waals surface area contributed by atoms with Crippen LogP contribution in [0.5, 0.6) is 0 Å². The molecule has 1 atom stereocenters. The van der Waals surface area contributed by atoms with Gasteiger partial charge in [-0.2, -0.15) is 13.2 Å². The molecule has 0 unspecified atom stereocenters. The Hall–Kier alpha value is -2.95. The quantitative estimate of drug-likeness (QED) is 0.714. The maximum absolute atomic E-state index is 11.8. The first-order chi connectivity index (χ1) is 12.1. The number of benzene rings is 1. The zero-order valence-electron chi connectivity index (χ0n) is 13.4. The Morgan fingerprint density at radius 3 is 2.54 bits per heavy atom. The fourth-order valence-corrected chi connectivity index (χ4v) is 2.36. The number of carboxylic acids is 1. The lowest BCUT2D eigenvalue weighted by Crippen LogP contribution is -2.33. The Balaban J connectivity index is 0.000000298. The molecule has 0 radical (unpaired) electrons. The Kier molecular flexibility index (Phi) is 5.60. The van der Waals surface area contributed by atoms with Crippen LogP contribution in [0.25, 0.3) is 10.9 Å². The molecule has 0 bridgehead atoms. The van der Waals surface area contributed by atoms with E-state index in [4.69, 9.17) is 21.4 Å². The van der Waals surface area contributed by atoms with E-state index in [1.807, 2.05) is 18.2 Å². The number of nitrogens with zero attached hydrogens (tertiary/aromatic N) is 3. The summed E-state index contributed by atoms with van der Waals surface area (Å²) < 4.78 is 31.7. The second kappa shape index (κ2) is 7.52. The number of alkyl halides is 3. The third-order valence-corrected chi connectivity index (χ3v) is 3.69. The number of carbonyl (C=O) groups is 2. The minimum absolute atomic E-state index is 0.0115. The largest absolute Gasteiger partial charge is 0.490 e. The Morgan fingerprint density at radius 2 is 2.00 bits per heavy atom. The van der Waals surface area contributed by atoms with Crippen LogP contribution < -0.4 is 11.5 Å². The molecule has 1 fully saturated rings. The minimum Gasteiger partial charge on any atom is -0.475 e. The zero-order chi connectivity index (χ0) is 19.5. The van der Waals surface area contributed by atoms with Crippen LogP contribution in [0.15, 0.2) is 24.5 Å². The van der Waals surface area contributed by atoms with Gasteiger partial charge in [0.25, 0.3) is 0 Å². The van der Waals surface area contributed by atoms with Gasteiger partial charge in [0.05, 0.1) is 11.6 Å². The first kappa shape index (κ1) is 19.4. The Bertz CT molecular complexity index is 828. The average Bonchev–Trinajstić information content (AvgIpc) is 2.87. The normalized spacial score (nSPS) is 17.2. The Morgan fingerprint density at radius 1 is 1.35 bits per heavy atom. The number of halogens is 3. The van der Waals surface area contributed by atoms with E-state index in [1.165, 1.54) is 6.33 Å². The molecule has 11 heteroatoms. The number of rotatable bonds is 2. The summed E-state index contributed by atoms with van der Waals surface area (Å²) in [6, 6.07) is 5.42. The topological polar surface area (TPSA) is 135 Å². The molecule has 8 nitrogen and oxygen atoms in total. The van der Waals surface area contributed by atoms with Crippen LogP contribution in [0.4, 0.5) is 19.0 Å². The fraction of sp³-hybridized carbons (Fsp3) is 0.333. The van der Waals surface area contributed by atoms with Gasteiger partial charge in [0, 0.05) is 18.5 Å². The highest BCUT2D eigenvalue weighted by Crippen LogP contribution is 2.20. The van der Waals surface area contributed by atoms with Crippen molar-refractivity contribution in [2.45, 2.75) is 25.2 Å². The van der Waals surface area contributed by atoms with Crippen molar-refractivity contribution in [2.75, 3.05) is 12.3 Å². The first-order valence-electron chi connectivity index (χ1n) is 7.43. The van der Waals surface area contributed by atoms with Crippen molar-refractivity contribution in [3.63, 3.8) is 0 Å². The van der Waals surface area contributed by atoms with Crippen molar-refractivity contribution in [3.05, 3.63) is 30.1 Å². The van der Waals surface area contributed by atoms with E-state index in [0.29, 0.717) is 18.9 Å². The van der Waals surface area contributed by atoms with E-state index in [2.05, 4.69) is 9.97 Å². The molecule has 0 saturated carbocycles. The first-order valence-corrected chi connectivity index (χ1v) is 7.43. The van der Waals surface area contributed by atoms with Gasteiger partial charge in [-0.3, -0.25) is 4.79 Å². The van der Waals surface area contributed by atoms with Crippen LogP contribution in [-0.2, 0) is 16.1 Å². The van der Waals surface area contributed by atoms with E-state index in [0.717, 1.165) is 22.9 Å². The number of amides is 1. The van der Waals surface area contributed by atoms with Crippen LogP contribution in [0.1, 0.15) is 12.0 Å². The van der Waals surface area contributed by atoms with Crippen molar-refractivity contribution < 1.29 is 27.9 Å². The van der Waals surface area contributed by atoms with Crippen LogP contribution >= 0.6 is 0 Å². The molecule has 1 aliphatic heterocycles. The van der Waals surface area contributed by atoms with Gasteiger partial charge in [-0.15, -0.1) is 0 Å². The van der Waals surface area contributed by atoms with Gasteiger partial charge >= 0.3 is 12.1 Å². The molecular weight excluding hydrogens is 355 g/mol. The summed E-state index contributed by atoms with van der Waals surface area (Å²) in [7, 11) is 0. The summed E-state index contributed by atoms with van der Waals surface area (Å²) in [4.78, 5) is 30.6. The van der Waals surface area contributed by atoms with Crippen molar-refractivity contribution in [1.82, 2.24) is 14.9 Å². The number of nitrogen functional groups attached to an aromatic ring is 1. The number of likely N-dealkylation sites (tertiary alicyclic amines) is 1. The van der Waals surface area contributed by atoms with Crippen LogP contribution in [0.3, 0.4) is 0 Å². The molecular formula is C15H16F3N5O3. The molecule has 2 aromatic rings. The molecule has 1 saturated heterocycles. The molecule has 26 heavy (non-hydrogen) atoms. The zero-order valence-corrected chi connectivity index (χ0v) is 13.4. The molecule has 0 aliphatic carbocycles. The number of anilines is 1. The number of aromatic nitrogens is 2. The smallest absolute Gasteiger partial charge is 0.475 e.